The molecule has 1 heterocycles. The molecule has 0 saturated carbocycles. The van der Waals surface area contributed by atoms with Crippen molar-refractivity contribution in [2.45, 2.75) is 13.8 Å². The van der Waals surface area contributed by atoms with Gasteiger partial charge < -0.3 is 4.74 Å². The van der Waals surface area contributed by atoms with Gasteiger partial charge in [-0.15, -0.1) is 10.2 Å². The van der Waals surface area contributed by atoms with Gasteiger partial charge in [0.15, 0.2) is 5.82 Å². The van der Waals surface area contributed by atoms with Gasteiger partial charge in [0.2, 0.25) is 0 Å². The lowest BCUT2D eigenvalue weighted by molar-refractivity contribution is -0.138. The summed E-state index contributed by atoms with van der Waals surface area (Å²) in [5, 5.41) is 10.3. The van der Waals surface area contributed by atoms with Gasteiger partial charge in [-0.1, -0.05) is 4.80 Å². The van der Waals surface area contributed by atoms with Crippen LogP contribution in [0.4, 0.5) is 0 Å². The zero-order valence-corrected chi connectivity index (χ0v) is 7.22. The Hall–Kier alpha value is -1.79. The van der Waals surface area contributed by atoms with Crippen molar-refractivity contribution in [3.05, 3.63) is 5.82 Å². The van der Waals surface area contributed by atoms with Crippen molar-refractivity contribution < 1.29 is 14.3 Å². The maximum Gasteiger partial charge on any atom is 0.400 e. The summed E-state index contributed by atoms with van der Waals surface area (Å²) in [6, 6.07) is 0. The number of nitrogens with zero attached hydrogens (tertiary/aromatic N) is 4. The zero-order chi connectivity index (χ0) is 9.84. The number of hydrogen-bond donors (Lipinski definition) is 0. The number of aryl methyl sites for hydroxylation is 1. The number of ether oxygens (including phenoxy) is 1. The van der Waals surface area contributed by atoms with Crippen LogP contribution >= 0.6 is 0 Å². The molecule has 7 nitrogen and oxygen atoms in total. The second kappa shape index (κ2) is 3.74. The highest BCUT2D eigenvalue weighted by Crippen LogP contribution is 1.86. The largest absolute Gasteiger partial charge is 0.459 e. The molecule has 0 saturated heterocycles. The molecule has 0 fully saturated rings. The molecule has 0 N–H and O–H groups in total. The minimum atomic E-state index is -0.986. The van der Waals surface area contributed by atoms with Gasteiger partial charge >= 0.3 is 11.9 Å². The number of aromatic nitrogens is 4. The highest BCUT2D eigenvalue weighted by molar-refractivity contribution is 6.32. The minimum absolute atomic E-state index is 0.137. The average Bonchev–Trinajstić information content (AvgIpc) is 2.51. The number of esters is 1. The Morgan fingerprint density at radius 3 is 2.69 bits per heavy atom. The van der Waals surface area contributed by atoms with E-state index in [9.17, 15) is 9.59 Å². The third-order valence-corrected chi connectivity index (χ3v) is 1.15. The SMILES string of the molecule is CCOC(=O)C(=O)n1nnc(C)n1. The molecule has 0 aliphatic rings. The quantitative estimate of drug-likeness (QED) is 0.418. The van der Waals surface area contributed by atoms with Crippen molar-refractivity contribution in [2.75, 3.05) is 6.61 Å². The van der Waals surface area contributed by atoms with Gasteiger partial charge in [0.25, 0.3) is 0 Å². The second-order valence-electron chi connectivity index (χ2n) is 2.15. The zero-order valence-electron chi connectivity index (χ0n) is 7.22. The van der Waals surface area contributed by atoms with Gasteiger partial charge in [-0.3, -0.25) is 4.79 Å². The summed E-state index contributed by atoms with van der Waals surface area (Å²) in [6.45, 7) is 3.30. The molecule has 1 aromatic rings. The molecule has 0 aromatic carbocycles. The fraction of sp³-hybridized carbons (Fsp3) is 0.500. The molecular weight excluding hydrogens is 176 g/mol. The first-order valence-electron chi connectivity index (χ1n) is 3.63. The third kappa shape index (κ3) is 2.08. The lowest BCUT2D eigenvalue weighted by Gasteiger charge is -1.96. The Bertz CT molecular complexity index is 332. The molecule has 0 radical (unpaired) electrons. The number of tetrazole rings is 1. The standard InChI is InChI=1S/C6H8N4O3/c1-3-13-6(12)5(11)10-8-4(2)7-9-10/h3H2,1-2H3. The normalized spacial score (nSPS) is 9.69. The van der Waals surface area contributed by atoms with E-state index in [4.69, 9.17) is 0 Å². The molecule has 0 atom stereocenters. The van der Waals surface area contributed by atoms with E-state index in [1.54, 1.807) is 13.8 Å². The highest BCUT2D eigenvalue weighted by Gasteiger charge is 2.19. The van der Waals surface area contributed by atoms with Crippen LogP contribution in [0.5, 0.6) is 0 Å². The predicted octanol–water partition coefficient (Wildman–Crippen LogP) is -0.815. The Morgan fingerprint density at radius 1 is 1.54 bits per heavy atom. The lowest BCUT2D eigenvalue weighted by atomic mass is 10.6. The van der Waals surface area contributed by atoms with Crippen LogP contribution in [0.3, 0.4) is 0 Å². The van der Waals surface area contributed by atoms with Crippen molar-refractivity contribution in [2.24, 2.45) is 0 Å². The van der Waals surface area contributed by atoms with Gasteiger partial charge in [-0.25, -0.2) is 4.79 Å². The van der Waals surface area contributed by atoms with Crippen molar-refractivity contribution in [3.8, 4) is 0 Å². The summed E-state index contributed by atoms with van der Waals surface area (Å²) in [7, 11) is 0. The van der Waals surface area contributed by atoms with E-state index in [0.717, 1.165) is 0 Å². The minimum Gasteiger partial charge on any atom is -0.459 e. The van der Waals surface area contributed by atoms with Crippen LogP contribution in [-0.2, 0) is 9.53 Å². The van der Waals surface area contributed by atoms with E-state index < -0.39 is 11.9 Å². The molecule has 1 aromatic heterocycles. The van der Waals surface area contributed by atoms with Crippen LogP contribution in [0.15, 0.2) is 0 Å². The maximum atomic E-state index is 11.1. The van der Waals surface area contributed by atoms with Gasteiger partial charge in [0.05, 0.1) is 6.61 Å². The van der Waals surface area contributed by atoms with E-state index in [2.05, 4.69) is 20.1 Å². The van der Waals surface area contributed by atoms with Crippen molar-refractivity contribution >= 4 is 11.9 Å². The molecule has 70 valence electrons. The Labute approximate surface area is 73.7 Å². The first kappa shape index (κ1) is 9.30. The van der Waals surface area contributed by atoms with Crippen LogP contribution in [0.1, 0.15) is 17.5 Å². The van der Waals surface area contributed by atoms with Crippen molar-refractivity contribution in [1.29, 1.82) is 0 Å². The molecule has 0 spiro atoms. The Balaban J connectivity index is 2.73. The number of rotatable bonds is 1. The summed E-state index contributed by atoms with van der Waals surface area (Å²) in [5.41, 5.74) is 0. The fourth-order valence-corrected chi connectivity index (χ4v) is 0.645. The average molecular weight is 184 g/mol. The topological polar surface area (TPSA) is 87.0 Å². The lowest BCUT2D eigenvalue weighted by Crippen LogP contribution is -2.26. The van der Waals surface area contributed by atoms with Gasteiger partial charge in [-0.05, 0) is 19.1 Å². The summed E-state index contributed by atoms with van der Waals surface area (Å²) in [5.74, 6) is -1.61. The van der Waals surface area contributed by atoms with Crippen LogP contribution < -0.4 is 0 Å². The van der Waals surface area contributed by atoms with E-state index in [1.807, 2.05) is 0 Å². The molecule has 13 heavy (non-hydrogen) atoms. The Morgan fingerprint density at radius 2 is 2.23 bits per heavy atom. The van der Waals surface area contributed by atoms with Crippen molar-refractivity contribution in [1.82, 2.24) is 20.2 Å². The van der Waals surface area contributed by atoms with Gasteiger partial charge in [-0.2, -0.15) is 0 Å². The number of hydrogen-bond acceptors (Lipinski definition) is 6. The van der Waals surface area contributed by atoms with Gasteiger partial charge in [0, 0.05) is 0 Å². The number of carbonyl (C=O) groups excluding carboxylic acids is 2. The van der Waals surface area contributed by atoms with E-state index in [1.165, 1.54) is 0 Å². The fourth-order valence-electron chi connectivity index (χ4n) is 0.645. The molecule has 0 bridgehead atoms. The van der Waals surface area contributed by atoms with Gasteiger partial charge in [0.1, 0.15) is 0 Å². The molecule has 1 rings (SSSR count). The Kier molecular flexibility index (Phi) is 2.68. The molecule has 0 amide bonds. The smallest absolute Gasteiger partial charge is 0.400 e. The first-order valence-corrected chi connectivity index (χ1v) is 3.63. The number of carbonyl (C=O) groups is 2. The summed E-state index contributed by atoms with van der Waals surface area (Å²) < 4.78 is 4.45. The van der Waals surface area contributed by atoms with Crippen LogP contribution in [0, 0.1) is 6.92 Å². The monoisotopic (exact) mass is 184 g/mol. The van der Waals surface area contributed by atoms with Crippen LogP contribution in [-0.4, -0.2) is 38.7 Å². The highest BCUT2D eigenvalue weighted by atomic mass is 16.5. The van der Waals surface area contributed by atoms with E-state index in [-0.39, 0.29) is 6.61 Å². The maximum absolute atomic E-state index is 11.1. The summed E-state index contributed by atoms with van der Waals surface area (Å²) >= 11 is 0. The second-order valence-corrected chi connectivity index (χ2v) is 2.15. The summed E-state index contributed by atoms with van der Waals surface area (Å²) in [6.07, 6.45) is 0. The third-order valence-electron chi connectivity index (χ3n) is 1.15. The van der Waals surface area contributed by atoms with E-state index >= 15 is 0 Å². The van der Waals surface area contributed by atoms with Crippen LogP contribution in [0.2, 0.25) is 0 Å². The molecule has 7 heteroatoms. The molecule has 0 aliphatic carbocycles. The first-order chi connectivity index (χ1) is 6.15. The van der Waals surface area contributed by atoms with Crippen LogP contribution in [0.25, 0.3) is 0 Å². The van der Waals surface area contributed by atoms with Crippen molar-refractivity contribution in [3.63, 3.8) is 0 Å². The molecule has 0 aliphatic heterocycles. The molecule has 0 unspecified atom stereocenters. The summed E-state index contributed by atoms with van der Waals surface area (Å²) in [4.78, 5) is 22.5. The van der Waals surface area contributed by atoms with E-state index in [0.29, 0.717) is 10.6 Å². The predicted molar refractivity (Wildman–Crippen MR) is 39.8 cm³/mol. The molecular formula is C6H8N4O3.